The topological polar surface area (TPSA) is 127 Å². The molecule has 160 valence electrons. The third kappa shape index (κ3) is 6.53. The van der Waals surface area contributed by atoms with Crippen LogP contribution in [-0.4, -0.2) is 66.9 Å². The number of nitrogens with zero attached hydrogens (tertiary/aromatic N) is 1. The fraction of sp³-hybridized carbons (Fsp3) is 0.850. The minimum absolute atomic E-state index is 0.0192. The number of hydrogen-bond acceptors (Lipinski definition) is 6. The third-order valence-electron chi connectivity index (χ3n) is 5.78. The minimum atomic E-state index is -0.691. The molecule has 4 unspecified atom stereocenters. The summed E-state index contributed by atoms with van der Waals surface area (Å²) in [7, 11) is 1.72. The largest absolute Gasteiger partial charge is 0.378 e. The number of nitrogens with one attached hydrogen (secondary N) is 4. The van der Waals surface area contributed by atoms with Gasteiger partial charge in [-0.15, -0.1) is 0 Å². The molecule has 4 atom stereocenters. The first-order valence-electron chi connectivity index (χ1n) is 10.5. The van der Waals surface area contributed by atoms with Crippen LogP contribution in [0.2, 0.25) is 0 Å². The lowest BCUT2D eigenvalue weighted by atomic mass is 9.92. The van der Waals surface area contributed by atoms with Gasteiger partial charge in [-0.05, 0) is 33.1 Å². The molecular weight excluding hydrogens is 356 g/mol. The summed E-state index contributed by atoms with van der Waals surface area (Å²) in [5, 5.41) is 22.9. The lowest BCUT2D eigenvalue weighted by molar-refractivity contribution is -0.123. The van der Waals surface area contributed by atoms with Gasteiger partial charge in [-0.25, -0.2) is 0 Å². The van der Waals surface area contributed by atoms with Crippen LogP contribution in [0.3, 0.4) is 0 Å². The number of nitrogens with two attached hydrogens (primary N) is 1. The van der Waals surface area contributed by atoms with Crippen molar-refractivity contribution in [3.05, 3.63) is 0 Å². The smallest absolute Gasteiger partial charge is 0.232 e. The van der Waals surface area contributed by atoms with Crippen molar-refractivity contribution >= 4 is 17.5 Å². The van der Waals surface area contributed by atoms with Gasteiger partial charge in [0.1, 0.15) is 11.8 Å². The molecule has 1 heterocycles. The highest BCUT2D eigenvalue weighted by molar-refractivity contribution is 6.04. The van der Waals surface area contributed by atoms with Crippen LogP contribution >= 0.6 is 0 Å². The van der Waals surface area contributed by atoms with Crippen molar-refractivity contribution in [2.45, 2.75) is 83.1 Å². The van der Waals surface area contributed by atoms with Gasteiger partial charge in [0.15, 0.2) is 0 Å². The molecule has 1 aliphatic heterocycles. The maximum absolute atomic E-state index is 12.6. The first-order chi connectivity index (χ1) is 13.3. The molecule has 2 rings (SSSR count). The van der Waals surface area contributed by atoms with E-state index < -0.39 is 12.1 Å². The SMILES string of the molecule is COC1CN(C(=N)C(CC(C)=N)C(=O)NC(C)N)CCC1NC1CCCCC1. The molecule has 0 aromatic heterocycles. The van der Waals surface area contributed by atoms with E-state index in [1.54, 1.807) is 21.0 Å². The van der Waals surface area contributed by atoms with Crippen molar-refractivity contribution in [3.63, 3.8) is 0 Å². The summed E-state index contributed by atoms with van der Waals surface area (Å²) >= 11 is 0. The molecule has 0 spiro atoms. The van der Waals surface area contributed by atoms with Gasteiger partial charge in [0.05, 0.1) is 12.3 Å². The zero-order valence-electron chi connectivity index (χ0n) is 17.6. The summed E-state index contributed by atoms with van der Waals surface area (Å²) in [5.74, 6) is -0.727. The van der Waals surface area contributed by atoms with E-state index in [0.717, 1.165) is 6.42 Å². The Hall–Kier alpha value is -1.51. The summed E-state index contributed by atoms with van der Waals surface area (Å²) < 4.78 is 5.75. The van der Waals surface area contributed by atoms with Crippen LogP contribution in [0.25, 0.3) is 0 Å². The molecule has 1 saturated heterocycles. The number of methoxy groups -OCH3 is 1. The number of carbonyl (C=O) groups is 1. The van der Waals surface area contributed by atoms with E-state index in [1.807, 2.05) is 4.90 Å². The van der Waals surface area contributed by atoms with E-state index in [0.29, 0.717) is 24.8 Å². The Morgan fingerprint density at radius 1 is 1.25 bits per heavy atom. The molecule has 0 aromatic rings. The van der Waals surface area contributed by atoms with E-state index in [2.05, 4.69) is 10.6 Å². The first kappa shape index (κ1) is 22.8. The summed E-state index contributed by atoms with van der Waals surface area (Å²) in [6, 6.07) is 0.838. The van der Waals surface area contributed by atoms with E-state index in [4.69, 9.17) is 21.3 Å². The fourth-order valence-corrected chi connectivity index (χ4v) is 4.30. The van der Waals surface area contributed by atoms with Gasteiger partial charge in [0, 0.05) is 44.4 Å². The molecule has 1 saturated carbocycles. The Balaban J connectivity index is 2.00. The van der Waals surface area contributed by atoms with Gasteiger partial charge in [-0.1, -0.05) is 19.3 Å². The number of piperidine rings is 1. The number of amidine groups is 1. The van der Waals surface area contributed by atoms with Crippen LogP contribution in [0.1, 0.15) is 58.8 Å². The van der Waals surface area contributed by atoms with E-state index >= 15 is 0 Å². The van der Waals surface area contributed by atoms with Crippen molar-refractivity contribution < 1.29 is 9.53 Å². The zero-order chi connectivity index (χ0) is 20.7. The van der Waals surface area contributed by atoms with E-state index in [-0.39, 0.29) is 30.3 Å². The van der Waals surface area contributed by atoms with Gasteiger partial charge >= 0.3 is 0 Å². The quantitative estimate of drug-likeness (QED) is 0.242. The molecule has 0 aromatic carbocycles. The van der Waals surface area contributed by atoms with Crippen molar-refractivity contribution in [2.75, 3.05) is 20.2 Å². The monoisotopic (exact) mass is 394 g/mol. The molecular formula is C20H38N6O2. The average Bonchev–Trinajstić information content (AvgIpc) is 2.66. The molecule has 1 aliphatic carbocycles. The maximum atomic E-state index is 12.6. The van der Waals surface area contributed by atoms with Crippen LogP contribution < -0.4 is 16.4 Å². The average molecular weight is 395 g/mol. The molecule has 8 nitrogen and oxygen atoms in total. The third-order valence-corrected chi connectivity index (χ3v) is 5.78. The lowest BCUT2D eigenvalue weighted by Gasteiger charge is -2.42. The Morgan fingerprint density at radius 3 is 2.50 bits per heavy atom. The van der Waals surface area contributed by atoms with Crippen LogP contribution in [0.4, 0.5) is 0 Å². The Bertz CT molecular complexity index is 547. The summed E-state index contributed by atoms with van der Waals surface area (Å²) in [4.78, 5) is 14.5. The Morgan fingerprint density at radius 2 is 1.93 bits per heavy atom. The van der Waals surface area contributed by atoms with Crippen LogP contribution in [-0.2, 0) is 9.53 Å². The zero-order valence-corrected chi connectivity index (χ0v) is 17.6. The fourth-order valence-electron chi connectivity index (χ4n) is 4.30. The van der Waals surface area contributed by atoms with E-state index in [1.165, 1.54) is 32.1 Å². The molecule has 0 radical (unpaired) electrons. The Labute approximate surface area is 169 Å². The van der Waals surface area contributed by atoms with Gasteiger partial charge < -0.3 is 31.4 Å². The molecule has 8 heteroatoms. The minimum Gasteiger partial charge on any atom is -0.378 e. The predicted molar refractivity (Wildman–Crippen MR) is 112 cm³/mol. The second kappa shape index (κ2) is 10.9. The number of rotatable bonds is 8. The van der Waals surface area contributed by atoms with Gasteiger partial charge in [0.25, 0.3) is 0 Å². The number of amides is 1. The van der Waals surface area contributed by atoms with Gasteiger partial charge in [-0.2, -0.15) is 0 Å². The molecule has 0 bridgehead atoms. The maximum Gasteiger partial charge on any atom is 0.232 e. The number of hydrogen-bond donors (Lipinski definition) is 5. The molecule has 6 N–H and O–H groups in total. The Kier molecular flexibility index (Phi) is 8.85. The van der Waals surface area contributed by atoms with Gasteiger partial charge in [-0.3, -0.25) is 10.2 Å². The molecule has 2 fully saturated rings. The summed E-state index contributed by atoms with van der Waals surface area (Å²) in [6.45, 7) is 4.65. The molecule has 28 heavy (non-hydrogen) atoms. The predicted octanol–water partition coefficient (Wildman–Crippen LogP) is 1.44. The molecule has 2 aliphatic rings. The second-order valence-electron chi connectivity index (χ2n) is 8.34. The van der Waals surface area contributed by atoms with Crippen molar-refractivity contribution in [2.24, 2.45) is 11.7 Å². The second-order valence-corrected chi connectivity index (χ2v) is 8.34. The first-order valence-corrected chi connectivity index (χ1v) is 10.5. The number of carbonyl (C=O) groups excluding carboxylic acids is 1. The van der Waals surface area contributed by atoms with Gasteiger partial charge in [0.2, 0.25) is 5.91 Å². The highest BCUT2D eigenvalue weighted by atomic mass is 16.5. The summed E-state index contributed by atoms with van der Waals surface area (Å²) in [6.07, 6.45) is 6.97. The van der Waals surface area contributed by atoms with Crippen LogP contribution in [0.15, 0.2) is 0 Å². The standard InChI is InChI=1S/C20H38N6O2/c1-13(21)11-16(20(27)24-14(2)22)19(23)26-10-9-17(18(12-26)28-3)25-15-7-5-4-6-8-15/h14-18,21,23,25H,4-12,22H2,1-3H3,(H,24,27). The highest BCUT2D eigenvalue weighted by Gasteiger charge is 2.35. The lowest BCUT2D eigenvalue weighted by Crippen LogP contribution is -2.58. The van der Waals surface area contributed by atoms with E-state index in [9.17, 15) is 4.79 Å². The van der Waals surface area contributed by atoms with Crippen molar-refractivity contribution in [1.29, 1.82) is 10.8 Å². The normalized spacial score (nSPS) is 25.8. The number of likely N-dealkylation sites (tertiary alicyclic amines) is 1. The number of ether oxygens (including phenoxy) is 1. The van der Waals surface area contributed by atoms with Crippen LogP contribution in [0, 0.1) is 16.7 Å². The molecule has 1 amide bonds. The summed E-state index contributed by atoms with van der Waals surface area (Å²) in [5.41, 5.74) is 6.07. The van der Waals surface area contributed by atoms with Crippen molar-refractivity contribution in [1.82, 2.24) is 15.5 Å². The van der Waals surface area contributed by atoms with Crippen molar-refractivity contribution in [3.8, 4) is 0 Å². The van der Waals surface area contributed by atoms with Crippen LogP contribution in [0.5, 0.6) is 0 Å². The highest BCUT2D eigenvalue weighted by Crippen LogP contribution is 2.23.